The van der Waals surface area contributed by atoms with Crippen molar-refractivity contribution in [1.29, 1.82) is 0 Å². The lowest BCUT2D eigenvalue weighted by molar-refractivity contribution is -0.115. The maximum Gasteiger partial charge on any atom is 0.237 e. The third kappa shape index (κ3) is 4.02. The number of nitrogens with one attached hydrogen (secondary N) is 1. The second-order valence-corrected chi connectivity index (χ2v) is 8.92. The van der Waals surface area contributed by atoms with Crippen LogP contribution in [-0.4, -0.2) is 25.9 Å². The molecule has 0 radical (unpaired) electrons. The molecule has 1 atom stereocenters. The van der Waals surface area contributed by atoms with Crippen LogP contribution in [0, 0.1) is 5.82 Å². The van der Waals surface area contributed by atoms with Gasteiger partial charge in [-0.05, 0) is 49.4 Å². The van der Waals surface area contributed by atoms with Gasteiger partial charge in [0.15, 0.2) is 11.0 Å². The topological polar surface area (TPSA) is 59.8 Å². The molecule has 0 spiro atoms. The van der Waals surface area contributed by atoms with E-state index in [0.29, 0.717) is 11.7 Å². The van der Waals surface area contributed by atoms with Crippen LogP contribution in [0.1, 0.15) is 25.8 Å². The Labute approximate surface area is 168 Å². The first-order chi connectivity index (χ1) is 13.0. The number of anilines is 1. The van der Waals surface area contributed by atoms with Crippen LogP contribution >= 0.6 is 34.7 Å². The van der Waals surface area contributed by atoms with Gasteiger partial charge in [0.05, 0.1) is 20.8 Å². The molecule has 9 heteroatoms. The summed E-state index contributed by atoms with van der Waals surface area (Å²) in [5.41, 5.74) is 0.387. The van der Waals surface area contributed by atoms with Crippen LogP contribution in [0.2, 0.25) is 5.02 Å². The monoisotopic (exact) mass is 422 g/mol. The quantitative estimate of drug-likeness (QED) is 0.551. The molecule has 1 unspecified atom stereocenters. The number of rotatable bonds is 6. The van der Waals surface area contributed by atoms with Gasteiger partial charge in [-0.1, -0.05) is 29.4 Å². The number of amides is 1. The highest BCUT2D eigenvalue weighted by molar-refractivity contribution is 8.00. The van der Waals surface area contributed by atoms with Crippen LogP contribution in [-0.2, 0) is 4.79 Å². The predicted octanol–water partition coefficient (Wildman–Crippen LogP) is 5.25. The van der Waals surface area contributed by atoms with E-state index in [4.69, 9.17) is 11.6 Å². The van der Waals surface area contributed by atoms with Crippen molar-refractivity contribution < 1.29 is 9.18 Å². The second kappa shape index (κ2) is 7.61. The lowest BCUT2D eigenvalue weighted by Crippen LogP contribution is -2.23. The fourth-order valence-electron chi connectivity index (χ4n) is 2.63. The molecular weight excluding hydrogens is 407 g/mol. The Morgan fingerprint density at radius 1 is 1.41 bits per heavy atom. The van der Waals surface area contributed by atoms with Crippen molar-refractivity contribution in [3.05, 3.63) is 46.6 Å². The summed E-state index contributed by atoms with van der Waals surface area (Å²) >= 11 is 8.97. The summed E-state index contributed by atoms with van der Waals surface area (Å²) in [6, 6.07) is 8.29. The van der Waals surface area contributed by atoms with E-state index in [-0.39, 0.29) is 10.9 Å². The van der Waals surface area contributed by atoms with Gasteiger partial charge in [0.25, 0.3) is 0 Å². The summed E-state index contributed by atoms with van der Waals surface area (Å²) in [6.07, 6.45) is 2.19. The molecule has 4 rings (SSSR count). The first kappa shape index (κ1) is 18.5. The van der Waals surface area contributed by atoms with Crippen molar-refractivity contribution in [3.8, 4) is 10.7 Å². The molecule has 5 nitrogen and oxygen atoms in total. The highest BCUT2D eigenvalue weighted by atomic mass is 35.5. The minimum atomic E-state index is -0.445. The first-order valence-corrected chi connectivity index (χ1v) is 10.6. The molecule has 1 aromatic carbocycles. The minimum absolute atomic E-state index is 0.168. The molecule has 2 heterocycles. The Balaban J connectivity index is 1.51. The summed E-state index contributed by atoms with van der Waals surface area (Å²) < 4.78 is 15.3. The lowest BCUT2D eigenvalue weighted by atomic mass is 10.3. The molecule has 27 heavy (non-hydrogen) atoms. The van der Waals surface area contributed by atoms with E-state index in [9.17, 15) is 9.18 Å². The average molecular weight is 423 g/mol. The number of halogens is 2. The predicted molar refractivity (Wildman–Crippen MR) is 107 cm³/mol. The smallest absolute Gasteiger partial charge is 0.237 e. The van der Waals surface area contributed by atoms with E-state index >= 15 is 0 Å². The molecule has 1 amide bonds. The van der Waals surface area contributed by atoms with Gasteiger partial charge in [-0.3, -0.25) is 9.36 Å². The zero-order valence-electron chi connectivity index (χ0n) is 14.4. The minimum Gasteiger partial charge on any atom is -0.324 e. The van der Waals surface area contributed by atoms with E-state index in [1.54, 1.807) is 18.3 Å². The van der Waals surface area contributed by atoms with Crippen LogP contribution in [0.3, 0.4) is 0 Å². The van der Waals surface area contributed by atoms with E-state index < -0.39 is 11.1 Å². The van der Waals surface area contributed by atoms with Crippen molar-refractivity contribution in [2.45, 2.75) is 36.2 Å². The highest BCUT2D eigenvalue weighted by Gasteiger charge is 2.31. The average Bonchev–Trinajstić information content (AvgIpc) is 3.16. The molecule has 1 aliphatic carbocycles. The number of nitrogens with zero attached hydrogens (tertiary/aromatic N) is 3. The zero-order chi connectivity index (χ0) is 19.0. The number of aromatic nitrogens is 3. The van der Waals surface area contributed by atoms with E-state index in [1.165, 1.54) is 30.0 Å². The Bertz CT molecular complexity index is 972. The van der Waals surface area contributed by atoms with E-state index in [2.05, 4.69) is 20.1 Å². The molecule has 3 aromatic rings. The van der Waals surface area contributed by atoms with Crippen LogP contribution < -0.4 is 5.32 Å². The first-order valence-electron chi connectivity index (χ1n) is 8.44. The fraction of sp³-hybridized carbons (Fsp3) is 0.278. The number of carbonyl (C=O) groups is 1. The van der Waals surface area contributed by atoms with Gasteiger partial charge in [0.2, 0.25) is 5.91 Å². The molecule has 140 valence electrons. The van der Waals surface area contributed by atoms with Crippen LogP contribution in [0.15, 0.2) is 40.9 Å². The molecule has 0 aliphatic heterocycles. The molecule has 1 saturated carbocycles. The number of thioether (sulfide) groups is 1. The number of carbonyl (C=O) groups excluding carboxylic acids is 1. The maximum absolute atomic E-state index is 13.2. The van der Waals surface area contributed by atoms with Gasteiger partial charge < -0.3 is 5.32 Å². The normalized spacial score (nSPS) is 14.9. The van der Waals surface area contributed by atoms with Gasteiger partial charge in [-0.15, -0.1) is 21.5 Å². The van der Waals surface area contributed by atoms with Crippen molar-refractivity contribution >= 4 is 46.3 Å². The van der Waals surface area contributed by atoms with Gasteiger partial charge in [-0.25, -0.2) is 4.39 Å². The summed E-state index contributed by atoms with van der Waals surface area (Å²) in [7, 11) is 0. The number of benzene rings is 1. The summed E-state index contributed by atoms with van der Waals surface area (Å²) in [5, 5.41) is 13.9. The largest absolute Gasteiger partial charge is 0.324 e. The third-order valence-electron chi connectivity index (χ3n) is 4.16. The zero-order valence-corrected chi connectivity index (χ0v) is 16.7. The number of thiophene rings is 1. The maximum atomic E-state index is 13.2. The second-order valence-electron chi connectivity index (χ2n) is 6.26. The Hall–Kier alpha value is -1.90. The van der Waals surface area contributed by atoms with Gasteiger partial charge in [0, 0.05) is 6.04 Å². The van der Waals surface area contributed by atoms with Crippen molar-refractivity contribution in [1.82, 2.24) is 14.8 Å². The molecule has 1 N–H and O–H groups in total. The van der Waals surface area contributed by atoms with Crippen molar-refractivity contribution in [2.24, 2.45) is 0 Å². The van der Waals surface area contributed by atoms with E-state index in [0.717, 1.165) is 28.7 Å². The van der Waals surface area contributed by atoms with Gasteiger partial charge in [-0.2, -0.15) is 0 Å². The fourth-order valence-corrected chi connectivity index (χ4v) is 4.47. The number of hydrogen-bond donors (Lipinski definition) is 1. The van der Waals surface area contributed by atoms with Crippen molar-refractivity contribution in [3.63, 3.8) is 0 Å². The summed E-state index contributed by atoms with van der Waals surface area (Å²) in [4.78, 5) is 13.6. The molecule has 1 aliphatic rings. The van der Waals surface area contributed by atoms with Crippen LogP contribution in [0.4, 0.5) is 10.1 Å². The molecule has 0 saturated heterocycles. The van der Waals surface area contributed by atoms with E-state index in [1.807, 2.05) is 17.5 Å². The number of hydrogen-bond acceptors (Lipinski definition) is 5. The molecule has 0 bridgehead atoms. The van der Waals surface area contributed by atoms with Crippen LogP contribution in [0.25, 0.3) is 10.7 Å². The Kier molecular flexibility index (Phi) is 5.21. The Morgan fingerprint density at radius 2 is 2.22 bits per heavy atom. The molecule has 2 aromatic heterocycles. The standard InChI is InChI=1S/C18H16ClFN4OS2/c1-10(17(25)21-14-7-4-11(20)9-13(14)19)27-18-23-22-16(15-3-2-8-26-15)24(18)12-5-6-12/h2-4,7-10,12H,5-6H2,1H3,(H,21,25). The Morgan fingerprint density at radius 3 is 2.89 bits per heavy atom. The lowest BCUT2D eigenvalue weighted by Gasteiger charge is -2.14. The van der Waals surface area contributed by atoms with Gasteiger partial charge >= 0.3 is 0 Å². The highest BCUT2D eigenvalue weighted by Crippen LogP contribution is 2.42. The SMILES string of the molecule is CC(Sc1nnc(-c2cccs2)n1C1CC1)C(=O)Nc1ccc(F)cc1Cl. The van der Waals surface area contributed by atoms with Crippen molar-refractivity contribution in [2.75, 3.05) is 5.32 Å². The van der Waals surface area contributed by atoms with Gasteiger partial charge in [0.1, 0.15) is 5.82 Å². The summed E-state index contributed by atoms with van der Waals surface area (Å²) in [6.45, 7) is 1.80. The molecule has 1 fully saturated rings. The summed E-state index contributed by atoms with van der Waals surface area (Å²) in [5.74, 6) is 0.180. The molecular formula is C18H16ClFN4OS2. The van der Waals surface area contributed by atoms with Crippen LogP contribution in [0.5, 0.6) is 0 Å². The third-order valence-corrected chi connectivity index (χ3v) is 6.39.